The number of carbonyl (C=O) groups is 2. The summed E-state index contributed by atoms with van der Waals surface area (Å²) in [5.41, 5.74) is 1.13. The molecule has 1 aliphatic carbocycles. The Morgan fingerprint density at radius 3 is 2.77 bits per heavy atom. The topological polar surface area (TPSA) is 66.8 Å². The summed E-state index contributed by atoms with van der Waals surface area (Å²) in [5.74, 6) is -0.919. The second-order valence-corrected chi connectivity index (χ2v) is 6.86. The van der Waals surface area contributed by atoms with Crippen molar-refractivity contribution in [2.75, 3.05) is 13.7 Å². The van der Waals surface area contributed by atoms with Crippen molar-refractivity contribution in [1.29, 1.82) is 0 Å². The minimum Gasteiger partial charge on any atom is -0.480 e. The number of rotatable bonds is 4. The van der Waals surface area contributed by atoms with Crippen molar-refractivity contribution in [3.63, 3.8) is 0 Å². The number of methoxy groups -OCH3 is 1. The van der Waals surface area contributed by atoms with E-state index in [-0.39, 0.29) is 23.8 Å². The number of hydrogen-bond donors (Lipinski definition) is 1. The van der Waals surface area contributed by atoms with Crippen LogP contribution < -0.4 is 0 Å². The van der Waals surface area contributed by atoms with Crippen LogP contribution in [-0.2, 0) is 14.3 Å². The number of benzene rings is 1. The molecule has 6 heteroatoms. The molecule has 0 bridgehead atoms. The summed E-state index contributed by atoms with van der Waals surface area (Å²) >= 11 is 3.44. The van der Waals surface area contributed by atoms with Crippen molar-refractivity contribution in [3.05, 3.63) is 34.3 Å². The van der Waals surface area contributed by atoms with Gasteiger partial charge in [0.1, 0.15) is 6.04 Å². The van der Waals surface area contributed by atoms with Crippen LogP contribution in [0.3, 0.4) is 0 Å². The number of carboxylic acids is 1. The molecule has 1 saturated carbocycles. The first-order chi connectivity index (χ1) is 10.5. The summed E-state index contributed by atoms with van der Waals surface area (Å²) in [6.45, 7) is 0.369. The van der Waals surface area contributed by atoms with Gasteiger partial charge >= 0.3 is 5.97 Å². The van der Waals surface area contributed by atoms with Crippen molar-refractivity contribution in [1.82, 2.24) is 4.90 Å². The van der Waals surface area contributed by atoms with Gasteiger partial charge < -0.3 is 14.7 Å². The van der Waals surface area contributed by atoms with Gasteiger partial charge in [-0.25, -0.2) is 4.79 Å². The minimum absolute atomic E-state index is 0.0584. The molecule has 1 amide bonds. The van der Waals surface area contributed by atoms with Crippen LogP contribution in [0, 0.1) is 5.92 Å². The molecule has 4 unspecified atom stereocenters. The Kier molecular flexibility index (Phi) is 4.23. The molecule has 1 heterocycles. The fraction of sp³-hybridized carbons (Fsp3) is 0.500. The number of likely N-dealkylation sites (tertiary alicyclic amines) is 1. The molecule has 2 aliphatic rings. The van der Waals surface area contributed by atoms with Gasteiger partial charge in [0.2, 0.25) is 5.91 Å². The summed E-state index contributed by atoms with van der Waals surface area (Å²) in [5, 5.41) is 9.31. The fourth-order valence-electron chi connectivity index (χ4n) is 3.23. The molecule has 1 aliphatic heterocycles. The fourth-order valence-corrected chi connectivity index (χ4v) is 3.65. The van der Waals surface area contributed by atoms with E-state index in [1.54, 1.807) is 7.11 Å². The van der Waals surface area contributed by atoms with E-state index < -0.39 is 12.0 Å². The maximum atomic E-state index is 12.6. The summed E-state index contributed by atoms with van der Waals surface area (Å²) in [4.78, 5) is 25.5. The molecular formula is C16H18BrNO4. The summed E-state index contributed by atoms with van der Waals surface area (Å²) < 4.78 is 6.23. The molecule has 1 aromatic carbocycles. The second kappa shape index (κ2) is 6.01. The highest BCUT2D eigenvalue weighted by molar-refractivity contribution is 9.10. The van der Waals surface area contributed by atoms with Gasteiger partial charge in [0.15, 0.2) is 0 Å². The van der Waals surface area contributed by atoms with Gasteiger partial charge in [0.05, 0.1) is 6.10 Å². The minimum atomic E-state index is -0.951. The van der Waals surface area contributed by atoms with Gasteiger partial charge in [-0.05, 0) is 30.0 Å². The Bertz CT molecular complexity index is 606. The molecule has 22 heavy (non-hydrogen) atoms. The third-order valence-electron chi connectivity index (χ3n) is 4.55. The van der Waals surface area contributed by atoms with E-state index in [0.717, 1.165) is 16.5 Å². The largest absolute Gasteiger partial charge is 0.480 e. The zero-order valence-corrected chi connectivity index (χ0v) is 13.8. The SMILES string of the molecule is COC1CC(C(=O)O)N(C(=O)C2CC2c2cccc(Br)c2)C1. The van der Waals surface area contributed by atoms with Crippen LogP contribution in [0.5, 0.6) is 0 Å². The number of aliphatic carboxylic acids is 1. The lowest BCUT2D eigenvalue weighted by molar-refractivity contribution is -0.148. The maximum absolute atomic E-state index is 12.6. The number of carbonyl (C=O) groups excluding carboxylic acids is 1. The molecule has 0 radical (unpaired) electrons. The van der Waals surface area contributed by atoms with Crippen molar-refractivity contribution in [3.8, 4) is 0 Å². The van der Waals surface area contributed by atoms with E-state index in [1.807, 2.05) is 24.3 Å². The van der Waals surface area contributed by atoms with Gasteiger partial charge in [-0.3, -0.25) is 4.79 Å². The highest BCUT2D eigenvalue weighted by atomic mass is 79.9. The van der Waals surface area contributed by atoms with Gasteiger partial charge in [0.25, 0.3) is 0 Å². The van der Waals surface area contributed by atoms with Gasteiger partial charge in [-0.15, -0.1) is 0 Å². The normalized spacial score (nSPS) is 30.4. The Hall–Kier alpha value is -1.40. The highest BCUT2D eigenvalue weighted by Gasteiger charge is 2.50. The molecule has 4 atom stereocenters. The van der Waals surface area contributed by atoms with Crippen LogP contribution in [-0.4, -0.2) is 47.7 Å². The number of halogens is 1. The number of amides is 1. The Balaban J connectivity index is 1.71. The number of nitrogens with zero attached hydrogens (tertiary/aromatic N) is 1. The molecule has 0 spiro atoms. The quantitative estimate of drug-likeness (QED) is 0.886. The molecule has 5 nitrogen and oxygen atoms in total. The smallest absolute Gasteiger partial charge is 0.326 e. The first-order valence-corrected chi connectivity index (χ1v) is 8.12. The molecule has 1 N–H and O–H groups in total. The molecule has 3 rings (SSSR count). The summed E-state index contributed by atoms with van der Waals surface area (Å²) in [7, 11) is 1.55. The monoisotopic (exact) mass is 367 g/mol. The average Bonchev–Trinajstić information content (AvgIpc) is 3.17. The zero-order valence-electron chi connectivity index (χ0n) is 12.2. The van der Waals surface area contributed by atoms with Gasteiger partial charge in [-0.2, -0.15) is 0 Å². The average molecular weight is 368 g/mol. The van der Waals surface area contributed by atoms with Crippen molar-refractivity contribution < 1.29 is 19.4 Å². The number of hydrogen-bond acceptors (Lipinski definition) is 3. The lowest BCUT2D eigenvalue weighted by Gasteiger charge is -2.21. The van der Waals surface area contributed by atoms with E-state index in [4.69, 9.17) is 4.74 Å². The van der Waals surface area contributed by atoms with Crippen LogP contribution in [0.2, 0.25) is 0 Å². The predicted octanol–water partition coefficient (Wildman–Crippen LogP) is 2.25. The Morgan fingerprint density at radius 1 is 1.36 bits per heavy atom. The standard InChI is InChI=1S/C16H18BrNO4/c1-22-11-6-14(16(20)21)18(8-11)15(19)13-7-12(13)9-3-2-4-10(17)5-9/h2-5,11-14H,6-8H2,1H3,(H,20,21). The predicted molar refractivity (Wildman–Crippen MR) is 83.5 cm³/mol. The molecule has 118 valence electrons. The lowest BCUT2D eigenvalue weighted by Crippen LogP contribution is -2.41. The molecule has 1 aromatic rings. The van der Waals surface area contributed by atoms with Gasteiger partial charge in [0, 0.05) is 30.5 Å². The van der Waals surface area contributed by atoms with Crippen LogP contribution in [0.15, 0.2) is 28.7 Å². The van der Waals surface area contributed by atoms with E-state index in [1.165, 1.54) is 4.90 Å². The molecule has 1 saturated heterocycles. The van der Waals surface area contributed by atoms with Crippen molar-refractivity contribution >= 4 is 27.8 Å². The summed E-state index contributed by atoms with van der Waals surface area (Å²) in [6.07, 6.45) is 0.967. The van der Waals surface area contributed by atoms with E-state index in [2.05, 4.69) is 15.9 Å². The molecular weight excluding hydrogens is 350 g/mol. The van der Waals surface area contributed by atoms with Crippen molar-refractivity contribution in [2.24, 2.45) is 5.92 Å². The third kappa shape index (κ3) is 2.90. The van der Waals surface area contributed by atoms with Crippen molar-refractivity contribution in [2.45, 2.75) is 30.9 Å². The van der Waals surface area contributed by atoms with Crippen LogP contribution >= 0.6 is 15.9 Å². The zero-order chi connectivity index (χ0) is 15.9. The summed E-state index contributed by atoms with van der Waals surface area (Å²) in [6, 6.07) is 7.18. The lowest BCUT2D eigenvalue weighted by atomic mass is 10.1. The highest BCUT2D eigenvalue weighted by Crippen LogP contribution is 2.49. The van der Waals surface area contributed by atoms with E-state index in [0.29, 0.717) is 13.0 Å². The number of ether oxygens (including phenoxy) is 1. The first-order valence-electron chi connectivity index (χ1n) is 7.32. The second-order valence-electron chi connectivity index (χ2n) is 5.94. The molecule has 2 fully saturated rings. The Morgan fingerprint density at radius 2 is 2.14 bits per heavy atom. The van der Waals surface area contributed by atoms with Gasteiger partial charge in [-0.1, -0.05) is 28.1 Å². The Labute approximate surface area is 137 Å². The first kappa shape index (κ1) is 15.5. The van der Waals surface area contributed by atoms with Crippen LogP contribution in [0.25, 0.3) is 0 Å². The van der Waals surface area contributed by atoms with E-state index in [9.17, 15) is 14.7 Å². The van der Waals surface area contributed by atoms with Crippen LogP contribution in [0.1, 0.15) is 24.3 Å². The number of carboxylic acid groups (broad SMARTS) is 1. The molecule has 0 aromatic heterocycles. The maximum Gasteiger partial charge on any atom is 0.326 e. The van der Waals surface area contributed by atoms with E-state index >= 15 is 0 Å². The van der Waals surface area contributed by atoms with Crippen LogP contribution in [0.4, 0.5) is 0 Å². The third-order valence-corrected chi connectivity index (χ3v) is 5.04.